The number of benzene rings is 3. The largest absolute Gasteiger partial charge is 0.508 e. The van der Waals surface area contributed by atoms with Gasteiger partial charge in [0.2, 0.25) is 0 Å². The van der Waals surface area contributed by atoms with Crippen molar-refractivity contribution in [1.29, 1.82) is 5.26 Å². The molecular weight excluding hydrogens is 531 g/mol. The highest BCUT2D eigenvalue weighted by molar-refractivity contribution is 14.1. The second-order valence-electron chi connectivity index (χ2n) is 7.21. The van der Waals surface area contributed by atoms with E-state index >= 15 is 0 Å². The van der Waals surface area contributed by atoms with Gasteiger partial charge in [-0.2, -0.15) is 5.26 Å². The van der Waals surface area contributed by atoms with Crippen molar-refractivity contribution in [3.05, 3.63) is 86.5 Å². The molecule has 6 nitrogen and oxygen atoms in total. The van der Waals surface area contributed by atoms with Crippen LogP contribution in [-0.4, -0.2) is 17.6 Å². The van der Waals surface area contributed by atoms with Gasteiger partial charge in [-0.05, 0) is 90.0 Å². The van der Waals surface area contributed by atoms with Crippen molar-refractivity contribution in [2.45, 2.75) is 20.5 Å². The van der Waals surface area contributed by atoms with Gasteiger partial charge in [0.15, 0.2) is 11.5 Å². The summed E-state index contributed by atoms with van der Waals surface area (Å²) in [5, 5.41) is 21.6. The molecule has 33 heavy (non-hydrogen) atoms. The first-order chi connectivity index (χ1) is 15.9. The summed E-state index contributed by atoms with van der Waals surface area (Å²) < 4.78 is 12.6. The Balaban J connectivity index is 1.83. The van der Waals surface area contributed by atoms with Crippen molar-refractivity contribution in [1.82, 2.24) is 0 Å². The van der Waals surface area contributed by atoms with Crippen LogP contribution in [0.15, 0.2) is 66.2 Å². The number of ether oxygens (including phenoxy) is 2. The number of rotatable bonds is 8. The number of anilines is 1. The number of aryl methyl sites for hydroxylation is 1. The highest BCUT2D eigenvalue weighted by atomic mass is 127. The van der Waals surface area contributed by atoms with Crippen LogP contribution in [0, 0.1) is 21.8 Å². The summed E-state index contributed by atoms with van der Waals surface area (Å²) in [4.78, 5) is 12.6. The predicted octanol–water partition coefficient (Wildman–Crippen LogP) is 5.83. The number of phenolic OH excluding ortho intramolecular Hbond substituents is 1. The number of halogens is 1. The van der Waals surface area contributed by atoms with Gasteiger partial charge in [-0.1, -0.05) is 29.8 Å². The Morgan fingerprint density at radius 2 is 1.82 bits per heavy atom. The fourth-order valence-corrected chi connectivity index (χ4v) is 3.75. The Bertz CT molecular complexity index is 1200. The van der Waals surface area contributed by atoms with E-state index in [1.165, 1.54) is 23.8 Å². The molecule has 3 rings (SSSR count). The SMILES string of the molecule is CCOc1cc(/C=C(/C#N)C(=O)Nc2ccc(O)cc2)cc(I)c1OCc1ccc(C)cc1. The van der Waals surface area contributed by atoms with Gasteiger partial charge in [0.05, 0.1) is 10.2 Å². The molecule has 0 aromatic heterocycles. The molecule has 7 heteroatoms. The lowest BCUT2D eigenvalue weighted by atomic mass is 10.1. The van der Waals surface area contributed by atoms with Gasteiger partial charge in [-0.15, -0.1) is 0 Å². The summed E-state index contributed by atoms with van der Waals surface area (Å²) in [5.74, 6) is 0.698. The Kier molecular flexibility index (Phi) is 8.33. The first kappa shape index (κ1) is 24.1. The van der Waals surface area contributed by atoms with E-state index in [1.54, 1.807) is 18.2 Å². The Hall–Kier alpha value is -3.51. The number of amides is 1. The van der Waals surface area contributed by atoms with Crippen molar-refractivity contribution in [3.8, 4) is 23.3 Å². The monoisotopic (exact) mass is 554 g/mol. The van der Waals surface area contributed by atoms with Crippen molar-refractivity contribution < 1.29 is 19.4 Å². The zero-order chi connectivity index (χ0) is 23.8. The number of nitrogens with zero attached hydrogens (tertiary/aromatic N) is 1. The second-order valence-corrected chi connectivity index (χ2v) is 8.37. The van der Waals surface area contributed by atoms with E-state index in [0.29, 0.717) is 36.0 Å². The molecule has 0 heterocycles. The van der Waals surface area contributed by atoms with Gasteiger partial charge in [-0.25, -0.2) is 0 Å². The van der Waals surface area contributed by atoms with Crippen LogP contribution in [0.2, 0.25) is 0 Å². The maximum absolute atomic E-state index is 12.6. The van der Waals surface area contributed by atoms with Crippen LogP contribution in [0.4, 0.5) is 5.69 Å². The van der Waals surface area contributed by atoms with Gasteiger partial charge in [0, 0.05) is 5.69 Å². The zero-order valence-corrected chi connectivity index (χ0v) is 20.4. The van der Waals surface area contributed by atoms with Crippen LogP contribution < -0.4 is 14.8 Å². The summed E-state index contributed by atoms with van der Waals surface area (Å²) in [7, 11) is 0. The lowest BCUT2D eigenvalue weighted by molar-refractivity contribution is -0.112. The molecule has 0 fully saturated rings. The molecule has 0 spiro atoms. The lowest BCUT2D eigenvalue weighted by Crippen LogP contribution is -2.13. The molecule has 0 radical (unpaired) electrons. The minimum atomic E-state index is -0.546. The molecule has 0 bridgehead atoms. The highest BCUT2D eigenvalue weighted by Crippen LogP contribution is 2.35. The number of nitrogens with one attached hydrogen (secondary N) is 1. The maximum atomic E-state index is 12.6. The molecular formula is C26H23IN2O4. The zero-order valence-electron chi connectivity index (χ0n) is 18.3. The molecule has 3 aromatic carbocycles. The molecule has 0 aliphatic carbocycles. The first-order valence-electron chi connectivity index (χ1n) is 10.3. The normalized spacial score (nSPS) is 10.9. The third-order valence-corrected chi connectivity index (χ3v) is 5.44. The van der Waals surface area contributed by atoms with E-state index < -0.39 is 5.91 Å². The van der Waals surface area contributed by atoms with E-state index in [1.807, 2.05) is 50.2 Å². The summed E-state index contributed by atoms with van der Waals surface area (Å²) in [6, 6.07) is 19.7. The first-order valence-corrected chi connectivity index (χ1v) is 11.3. The minimum absolute atomic E-state index is 0.0605. The van der Waals surface area contributed by atoms with E-state index in [-0.39, 0.29) is 11.3 Å². The number of hydrogen-bond donors (Lipinski definition) is 2. The molecule has 168 valence electrons. The molecule has 0 saturated heterocycles. The van der Waals surface area contributed by atoms with Gasteiger partial charge >= 0.3 is 0 Å². The van der Waals surface area contributed by atoms with Crippen LogP contribution in [-0.2, 0) is 11.4 Å². The highest BCUT2D eigenvalue weighted by Gasteiger charge is 2.15. The fourth-order valence-electron chi connectivity index (χ4n) is 2.97. The summed E-state index contributed by atoms with van der Waals surface area (Å²) in [5.41, 5.74) is 3.28. The fraction of sp³-hybridized carbons (Fsp3) is 0.154. The molecule has 0 aliphatic heterocycles. The van der Waals surface area contributed by atoms with Gasteiger partial charge in [-0.3, -0.25) is 4.79 Å². The Labute approximate surface area is 206 Å². The van der Waals surface area contributed by atoms with Crippen LogP contribution in [0.25, 0.3) is 6.08 Å². The molecule has 0 atom stereocenters. The molecule has 2 N–H and O–H groups in total. The predicted molar refractivity (Wildman–Crippen MR) is 136 cm³/mol. The van der Waals surface area contributed by atoms with Crippen molar-refractivity contribution in [3.63, 3.8) is 0 Å². The van der Waals surface area contributed by atoms with Crippen LogP contribution in [0.1, 0.15) is 23.6 Å². The molecule has 0 saturated carbocycles. The van der Waals surface area contributed by atoms with Crippen LogP contribution >= 0.6 is 22.6 Å². The number of carbonyl (C=O) groups is 1. The van der Waals surface area contributed by atoms with Crippen molar-refractivity contribution in [2.75, 3.05) is 11.9 Å². The standard InChI is InChI=1S/C26H23IN2O4/c1-3-32-24-14-19(12-20(15-28)26(31)29-21-8-10-22(30)11-9-21)13-23(27)25(24)33-16-18-6-4-17(2)5-7-18/h4-14,30H,3,16H2,1-2H3,(H,29,31)/b20-12-. The average Bonchev–Trinajstić information content (AvgIpc) is 2.79. The summed E-state index contributed by atoms with van der Waals surface area (Å²) in [6.45, 7) is 4.75. The number of aromatic hydroxyl groups is 1. The smallest absolute Gasteiger partial charge is 0.266 e. The van der Waals surface area contributed by atoms with E-state index in [2.05, 4.69) is 27.9 Å². The van der Waals surface area contributed by atoms with Crippen LogP contribution in [0.3, 0.4) is 0 Å². The number of nitriles is 1. The van der Waals surface area contributed by atoms with Crippen molar-refractivity contribution in [2.24, 2.45) is 0 Å². The third kappa shape index (κ3) is 6.73. The summed E-state index contributed by atoms with van der Waals surface area (Å²) >= 11 is 2.16. The molecule has 3 aromatic rings. The molecule has 1 amide bonds. The van der Waals surface area contributed by atoms with Crippen LogP contribution in [0.5, 0.6) is 17.2 Å². The molecule has 0 aliphatic rings. The van der Waals surface area contributed by atoms with E-state index in [0.717, 1.165) is 9.13 Å². The van der Waals surface area contributed by atoms with Gasteiger partial charge in [0.1, 0.15) is 24.0 Å². The molecule has 0 unspecified atom stereocenters. The quantitative estimate of drug-likeness (QED) is 0.158. The second kappa shape index (κ2) is 11.4. The maximum Gasteiger partial charge on any atom is 0.266 e. The minimum Gasteiger partial charge on any atom is -0.508 e. The lowest BCUT2D eigenvalue weighted by Gasteiger charge is -2.15. The Morgan fingerprint density at radius 3 is 2.45 bits per heavy atom. The van der Waals surface area contributed by atoms with Gasteiger partial charge < -0.3 is 19.9 Å². The Morgan fingerprint density at radius 1 is 1.12 bits per heavy atom. The third-order valence-electron chi connectivity index (χ3n) is 4.64. The number of carbonyl (C=O) groups excluding carboxylic acids is 1. The van der Waals surface area contributed by atoms with E-state index in [4.69, 9.17) is 9.47 Å². The topological polar surface area (TPSA) is 91.6 Å². The van der Waals surface area contributed by atoms with Gasteiger partial charge in [0.25, 0.3) is 5.91 Å². The van der Waals surface area contributed by atoms with E-state index in [9.17, 15) is 15.2 Å². The average molecular weight is 554 g/mol. The van der Waals surface area contributed by atoms with Crippen molar-refractivity contribution >= 4 is 40.3 Å². The number of hydrogen-bond acceptors (Lipinski definition) is 5. The summed E-state index contributed by atoms with van der Waals surface area (Å²) in [6.07, 6.45) is 1.50. The number of phenols is 1.